The average molecular weight is 287 g/mol. The quantitative estimate of drug-likeness (QED) is 0.911. The maximum atomic E-state index is 5.76. The van der Waals surface area contributed by atoms with Gasteiger partial charge in [0, 0.05) is 22.6 Å². The summed E-state index contributed by atoms with van der Waals surface area (Å²) >= 11 is 5.17. The molecule has 2 rings (SSSR count). The summed E-state index contributed by atoms with van der Waals surface area (Å²) in [7, 11) is 1.85. The SMILES string of the molecule is Cn1cc(N)c(NCc2sccc2Br)n1. The van der Waals surface area contributed by atoms with Crippen LogP contribution in [0.5, 0.6) is 0 Å². The van der Waals surface area contributed by atoms with Crippen molar-refractivity contribution in [3.63, 3.8) is 0 Å². The molecule has 0 saturated heterocycles. The maximum Gasteiger partial charge on any atom is 0.171 e. The number of nitrogens with two attached hydrogens (primary N) is 1. The molecule has 0 atom stereocenters. The summed E-state index contributed by atoms with van der Waals surface area (Å²) < 4.78 is 2.82. The summed E-state index contributed by atoms with van der Waals surface area (Å²) in [6, 6.07) is 2.03. The van der Waals surface area contributed by atoms with E-state index in [4.69, 9.17) is 5.73 Å². The fourth-order valence-corrected chi connectivity index (χ4v) is 2.69. The Labute approximate surface area is 100 Å². The van der Waals surface area contributed by atoms with E-state index in [2.05, 4.69) is 26.3 Å². The lowest BCUT2D eigenvalue weighted by Crippen LogP contribution is -2.01. The number of nitrogens with one attached hydrogen (secondary N) is 1. The average Bonchev–Trinajstić information content (AvgIpc) is 2.70. The Hall–Kier alpha value is -1.01. The van der Waals surface area contributed by atoms with Crippen molar-refractivity contribution in [2.24, 2.45) is 7.05 Å². The van der Waals surface area contributed by atoms with Crippen LogP contribution in [0.25, 0.3) is 0 Å². The molecule has 2 aromatic heterocycles. The lowest BCUT2D eigenvalue weighted by Gasteiger charge is -2.02. The first-order chi connectivity index (χ1) is 7.16. The molecule has 2 aromatic rings. The van der Waals surface area contributed by atoms with Gasteiger partial charge in [-0.3, -0.25) is 4.68 Å². The molecule has 0 unspecified atom stereocenters. The van der Waals surface area contributed by atoms with Crippen molar-refractivity contribution in [1.82, 2.24) is 9.78 Å². The number of anilines is 2. The van der Waals surface area contributed by atoms with Crippen LogP contribution in [0.2, 0.25) is 0 Å². The largest absolute Gasteiger partial charge is 0.394 e. The van der Waals surface area contributed by atoms with Crippen LogP contribution < -0.4 is 11.1 Å². The number of hydrogen-bond donors (Lipinski definition) is 2. The topological polar surface area (TPSA) is 55.9 Å². The normalized spacial score (nSPS) is 10.5. The van der Waals surface area contributed by atoms with Crippen molar-refractivity contribution < 1.29 is 0 Å². The molecule has 3 N–H and O–H groups in total. The zero-order valence-corrected chi connectivity index (χ0v) is 10.6. The Kier molecular flexibility index (Phi) is 2.97. The van der Waals surface area contributed by atoms with E-state index in [1.54, 1.807) is 22.2 Å². The lowest BCUT2D eigenvalue weighted by atomic mass is 10.4. The lowest BCUT2D eigenvalue weighted by molar-refractivity contribution is 0.768. The fraction of sp³-hybridized carbons (Fsp3) is 0.222. The molecular weight excluding hydrogens is 276 g/mol. The van der Waals surface area contributed by atoms with Gasteiger partial charge in [-0.15, -0.1) is 11.3 Å². The van der Waals surface area contributed by atoms with Gasteiger partial charge in [-0.05, 0) is 27.4 Å². The van der Waals surface area contributed by atoms with Crippen LogP contribution >= 0.6 is 27.3 Å². The van der Waals surface area contributed by atoms with Crippen molar-refractivity contribution in [3.8, 4) is 0 Å². The standard InChI is InChI=1S/C9H11BrN4S/c1-14-5-7(11)9(13-14)12-4-8-6(10)2-3-15-8/h2-3,5H,4,11H2,1H3,(H,12,13). The predicted octanol–water partition coefficient (Wildman–Crippen LogP) is 2.44. The summed E-state index contributed by atoms with van der Waals surface area (Å²) in [6.45, 7) is 0.736. The van der Waals surface area contributed by atoms with E-state index in [1.165, 1.54) is 4.88 Å². The Balaban J connectivity index is 2.05. The highest BCUT2D eigenvalue weighted by molar-refractivity contribution is 9.10. The van der Waals surface area contributed by atoms with Crippen molar-refractivity contribution in [3.05, 3.63) is 27.0 Å². The molecule has 0 aromatic carbocycles. The number of nitrogens with zero attached hydrogens (tertiary/aromatic N) is 2. The molecule has 0 saturated carbocycles. The molecule has 2 heterocycles. The van der Waals surface area contributed by atoms with Gasteiger partial charge in [-0.25, -0.2) is 0 Å². The molecular formula is C9H11BrN4S. The van der Waals surface area contributed by atoms with Crippen LogP contribution in [0, 0.1) is 0 Å². The second-order valence-electron chi connectivity index (χ2n) is 3.15. The van der Waals surface area contributed by atoms with Gasteiger partial charge in [-0.2, -0.15) is 5.10 Å². The molecule has 0 aliphatic heterocycles. The minimum absolute atomic E-state index is 0.671. The summed E-state index contributed by atoms with van der Waals surface area (Å²) in [5.74, 6) is 0.734. The van der Waals surface area contributed by atoms with E-state index in [1.807, 2.05) is 18.5 Å². The Morgan fingerprint density at radius 1 is 1.67 bits per heavy atom. The van der Waals surface area contributed by atoms with Crippen LogP contribution in [0.4, 0.5) is 11.5 Å². The van der Waals surface area contributed by atoms with E-state index in [9.17, 15) is 0 Å². The number of halogens is 1. The first-order valence-corrected chi connectivity index (χ1v) is 6.09. The molecule has 0 amide bonds. The first kappa shape index (κ1) is 10.5. The zero-order chi connectivity index (χ0) is 10.8. The second-order valence-corrected chi connectivity index (χ2v) is 5.01. The van der Waals surface area contributed by atoms with Gasteiger partial charge in [0.2, 0.25) is 0 Å². The van der Waals surface area contributed by atoms with Gasteiger partial charge in [-0.1, -0.05) is 0 Å². The number of aromatic nitrogens is 2. The van der Waals surface area contributed by atoms with E-state index < -0.39 is 0 Å². The zero-order valence-electron chi connectivity index (χ0n) is 8.20. The third kappa shape index (κ3) is 2.32. The van der Waals surface area contributed by atoms with Gasteiger partial charge < -0.3 is 11.1 Å². The molecule has 0 aliphatic rings. The highest BCUT2D eigenvalue weighted by Crippen LogP contribution is 2.24. The van der Waals surface area contributed by atoms with Gasteiger partial charge in [0.25, 0.3) is 0 Å². The highest BCUT2D eigenvalue weighted by atomic mass is 79.9. The third-order valence-corrected chi connectivity index (χ3v) is 3.89. The molecule has 15 heavy (non-hydrogen) atoms. The van der Waals surface area contributed by atoms with Crippen molar-refractivity contribution in [2.45, 2.75) is 6.54 Å². The number of nitrogen functional groups attached to an aromatic ring is 1. The van der Waals surface area contributed by atoms with Crippen molar-refractivity contribution in [1.29, 1.82) is 0 Å². The molecule has 0 radical (unpaired) electrons. The predicted molar refractivity (Wildman–Crippen MR) is 67.0 cm³/mol. The monoisotopic (exact) mass is 286 g/mol. The van der Waals surface area contributed by atoms with Crippen LogP contribution in [-0.2, 0) is 13.6 Å². The second kappa shape index (κ2) is 4.24. The Bertz CT molecular complexity index is 462. The van der Waals surface area contributed by atoms with Gasteiger partial charge in [0.1, 0.15) is 0 Å². The van der Waals surface area contributed by atoms with Gasteiger partial charge in [0.05, 0.1) is 12.2 Å². The number of rotatable bonds is 3. The van der Waals surface area contributed by atoms with Crippen LogP contribution in [0.15, 0.2) is 22.1 Å². The van der Waals surface area contributed by atoms with E-state index in [0.29, 0.717) is 5.69 Å². The molecule has 0 aliphatic carbocycles. The van der Waals surface area contributed by atoms with Crippen LogP contribution in [0.3, 0.4) is 0 Å². The Morgan fingerprint density at radius 3 is 3.00 bits per heavy atom. The van der Waals surface area contributed by atoms with Gasteiger partial charge >= 0.3 is 0 Å². The summed E-state index contributed by atoms with van der Waals surface area (Å²) in [5.41, 5.74) is 6.44. The minimum atomic E-state index is 0.671. The molecule has 0 fully saturated rings. The van der Waals surface area contributed by atoms with Crippen LogP contribution in [0.1, 0.15) is 4.88 Å². The third-order valence-electron chi connectivity index (χ3n) is 1.96. The summed E-state index contributed by atoms with van der Waals surface area (Å²) in [6.07, 6.45) is 1.78. The van der Waals surface area contributed by atoms with Gasteiger partial charge in [0.15, 0.2) is 5.82 Å². The first-order valence-electron chi connectivity index (χ1n) is 4.41. The molecule has 4 nitrogen and oxygen atoms in total. The number of thiophene rings is 1. The fourth-order valence-electron chi connectivity index (χ4n) is 1.26. The minimum Gasteiger partial charge on any atom is -0.394 e. The smallest absolute Gasteiger partial charge is 0.171 e. The van der Waals surface area contributed by atoms with Crippen LogP contribution in [-0.4, -0.2) is 9.78 Å². The highest BCUT2D eigenvalue weighted by Gasteiger charge is 2.05. The number of hydrogen-bond acceptors (Lipinski definition) is 4. The van der Waals surface area contributed by atoms with E-state index >= 15 is 0 Å². The molecule has 0 spiro atoms. The number of aryl methyl sites for hydroxylation is 1. The molecule has 80 valence electrons. The Morgan fingerprint density at radius 2 is 2.47 bits per heavy atom. The maximum absolute atomic E-state index is 5.76. The molecule has 0 bridgehead atoms. The van der Waals surface area contributed by atoms with Crippen molar-refractivity contribution in [2.75, 3.05) is 11.1 Å². The van der Waals surface area contributed by atoms with E-state index in [0.717, 1.165) is 16.8 Å². The summed E-state index contributed by atoms with van der Waals surface area (Å²) in [4.78, 5) is 1.24. The molecule has 6 heteroatoms. The van der Waals surface area contributed by atoms with E-state index in [-0.39, 0.29) is 0 Å². The summed E-state index contributed by atoms with van der Waals surface area (Å²) in [5, 5.41) is 9.45. The van der Waals surface area contributed by atoms with Crippen molar-refractivity contribution >= 4 is 38.8 Å².